The lowest BCUT2D eigenvalue weighted by atomic mass is 10.2. The second-order valence-corrected chi connectivity index (χ2v) is 3.98. The maximum atomic E-state index is 13.0. The zero-order chi connectivity index (χ0) is 12.4. The summed E-state index contributed by atoms with van der Waals surface area (Å²) in [5.74, 6) is -0.483. The highest BCUT2D eigenvalue weighted by molar-refractivity contribution is 6.30. The molecule has 1 heterocycles. The fourth-order valence-corrected chi connectivity index (χ4v) is 1.70. The molecule has 3 N–H and O–H groups in total. The van der Waals surface area contributed by atoms with Crippen LogP contribution in [0.5, 0.6) is 0 Å². The van der Waals surface area contributed by atoms with Crippen molar-refractivity contribution in [3.63, 3.8) is 0 Å². The van der Waals surface area contributed by atoms with Gasteiger partial charge in [-0.05, 0) is 18.2 Å². The molecule has 4 nitrogen and oxygen atoms in total. The molecule has 0 saturated heterocycles. The minimum atomic E-state index is -0.540. The third-order valence-corrected chi connectivity index (χ3v) is 2.71. The van der Waals surface area contributed by atoms with Gasteiger partial charge in [-0.2, -0.15) is 0 Å². The number of imidazole rings is 1. The predicted molar refractivity (Wildman–Crippen MR) is 62.5 cm³/mol. The van der Waals surface area contributed by atoms with Crippen molar-refractivity contribution < 1.29 is 9.50 Å². The van der Waals surface area contributed by atoms with Gasteiger partial charge < -0.3 is 15.4 Å². The van der Waals surface area contributed by atoms with Crippen molar-refractivity contribution in [2.24, 2.45) is 5.73 Å². The van der Waals surface area contributed by atoms with Crippen LogP contribution in [0.1, 0.15) is 11.7 Å². The van der Waals surface area contributed by atoms with E-state index in [4.69, 9.17) is 22.4 Å². The van der Waals surface area contributed by atoms with Gasteiger partial charge in [-0.15, -0.1) is 0 Å². The Labute approximate surface area is 102 Å². The first-order valence-electron chi connectivity index (χ1n) is 4.97. The monoisotopic (exact) mass is 255 g/mol. The fraction of sp³-hybridized carbons (Fsp3) is 0.182. The van der Waals surface area contributed by atoms with Crippen LogP contribution in [0, 0.1) is 5.82 Å². The zero-order valence-electron chi connectivity index (χ0n) is 8.85. The lowest BCUT2D eigenvalue weighted by Gasteiger charge is -2.12. The fourth-order valence-electron chi connectivity index (χ4n) is 1.52. The third kappa shape index (κ3) is 2.31. The third-order valence-electron chi connectivity index (χ3n) is 2.43. The molecule has 1 atom stereocenters. The van der Waals surface area contributed by atoms with Crippen LogP contribution in [0.15, 0.2) is 30.7 Å². The summed E-state index contributed by atoms with van der Waals surface area (Å²) in [6.45, 7) is -0.194. The Morgan fingerprint density at radius 2 is 2.29 bits per heavy atom. The number of hydrogen-bond acceptors (Lipinski definition) is 3. The molecule has 1 unspecified atom stereocenters. The molecule has 0 amide bonds. The van der Waals surface area contributed by atoms with Crippen LogP contribution in [0.4, 0.5) is 4.39 Å². The molecule has 0 bridgehead atoms. The Balaban J connectivity index is 2.46. The number of benzene rings is 1. The first-order valence-corrected chi connectivity index (χ1v) is 5.35. The Bertz CT molecular complexity index is 529. The summed E-state index contributed by atoms with van der Waals surface area (Å²) in [6.07, 6.45) is 3.09. The Kier molecular flexibility index (Phi) is 3.42. The number of aromatic nitrogens is 2. The van der Waals surface area contributed by atoms with Crippen LogP contribution in [0.3, 0.4) is 0 Å². The SMILES string of the molecule is NC(CO)c1cncn1-c1ccc(F)c(Cl)c1. The molecule has 0 aliphatic carbocycles. The van der Waals surface area contributed by atoms with Gasteiger partial charge in [-0.1, -0.05) is 11.6 Å². The number of aliphatic hydroxyl groups is 1. The van der Waals surface area contributed by atoms with Gasteiger partial charge in [0.05, 0.1) is 35.9 Å². The maximum Gasteiger partial charge on any atom is 0.141 e. The number of rotatable bonds is 3. The van der Waals surface area contributed by atoms with Gasteiger partial charge in [0.25, 0.3) is 0 Å². The van der Waals surface area contributed by atoms with Crippen molar-refractivity contribution >= 4 is 11.6 Å². The van der Waals surface area contributed by atoms with Gasteiger partial charge in [-0.25, -0.2) is 9.37 Å². The van der Waals surface area contributed by atoms with E-state index in [0.29, 0.717) is 11.4 Å². The van der Waals surface area contributed by atoms with Crippen LogP contribution in [0.2, 0.25) is 5.02 Å². The normalized spacial score (nSPS) is 12.7. The molecule has 2 aromatic rings. The Hall–Kier alpha value is -1.43. The molecule has 0 radical (unpaired) electrons. The van der Waals surface area contributed by atoms with Crippen LogP contribution < -0.4 is 5.73 Å². The average Bonchev–Trinajstić information content (AvgIpc) is 2.80. The molecule has 0 saturated carbocycles. The van der Waals surface area contributed by atoms with E-state index < -0.39 is 11.9 Å². The lowest BCUT2D eigenvalue weighted by Crippen LogP contribution is -2.18. The standard InChI is InChI=1S/C11H11ClFN3O/c12-8-3-7(1-2-9(8)13)16-6-15-4-11(16)10(14)5-17/h1-4,6,10,17H,5,14H2. The molecular weight excluding hydrogens is 245 g/mol. The van der Waals surface area contributed by atoms with Gasteiger partial charge >= 0.3 is 0 Å². The van der Waals surface area contributed by atoms with Gasteiger partial charge in [-0.3, -0.25) is 0 Å². The first kappa shape index (κ1) is 12.0. The first-order chi connectivity index (χ1) is 8.13. The zero-order valence-corrected chi connectivity index (χ0v) is 9.60. The lowest BCUT2D eigenvalue weighted by molar-refractivity contribution is 0.265. The van der Waals surface area contributed by atoms with Crippen molar-refractivity contribution in [3.05, 3.63) is 47.3 Å². The quantitative estimate of drug-likeness (QED) is 0.877. The van der Waals surface area contributed by atoms with E-state index in [9.17, 15) is 4.39 Å². The smallest absolute Gasteiger partial charge is 0.141 e. The van der Waals surface area contributed by atoms with Gasteiger partial charge in [0.15, 0.2) is 0 Å². The number of nitrogens with two attached hydrogens (primary N) is 1. The topological polar surface area (TPSA) is 64.1 Å². The summed E-state index contributed by atoms with van der Waals surface area (Å²) in [4.78, 5) is 3.95. The van der Waals surface area contributed by atoms with E-state index in [-0.39, 0.29) is 11.6 Å². The molecule has 6 heteroatoms. The van der Waals surface area contributed by atoms with E-state index in [1.165, 1.54) is 18.5 Å². The molecule has 2 rings (SSSR count). The van der Waals surface area contributed by atoms with E-state index in [1.807, 2.05) is 0 Å². The molecule has 90 valence electrons. The molecule has 1 aromatic heterocycles. The van der Waals surface area contributed by atoms with E-state index >= 15 is 0 Å². The summed E-state index contributed by atoms with van der Waals surface area (Å²) in [6, 6.07) is 3.77. The minimum Gasteiger partial charge on any atom is -0.394 e. The summed E-state index contributed by atoms with van der Waals surface area (Å²) in [5.41, 5.74) is 7.01. The van der Waals surface area contributed by atoms with Crippen molar-refractivity contribution in [1.82, 2.24) is 9.55 Å². The van der Waals surface area contributed by atoms with Crippen molar-refractivity contribution in [2.75, 3.05) is 6.61 Å². The minimum absolute atomic E-state index is 0.0275. The second kappa shape index (κ2) is 4.83. The van der Waals surface area contributed by atoms with Crippen LogP contribution in [-0.4, -0.2) is 21.3 Å². The van der Waals surface area contributed by atoms with E-state index in [0.717, 1.165) is 0 Å². The van der Waals surface area contributed by atoms with Crippen LogP contribution in [0.25, 0.3) is 5.69 Å². The summed E-state index contributed by atoms with van der Waals surface area (Å²) < 4.78 is 14.7. The highest BCUT2D eigenvalue weighted by atomic mass is 35.5. The van der Waals surface area contributed by atoms with E-state index in [2.05, 4.69) is 4.98 Å². The van der Waals surface area contributed by atoms with Crippen LogP contribution >= 0.6 is 11.6 Å². The summed E-state index contributed by atoms with van der Waals surface area (Å²) in [7, 11) is 0. The van der Waals surface area contributed by atoms with E-state index in [1.54, 1.807) is 16.8 Å². The molecule has 1 aromatic carbocycles. The molecule has 0 aliphatic heterocycles. The number of aliphatic hydroxyl groups excluding tert-OH is 1. The molecule has 0 spiro atoms. The molecule has 17 heavy (non-hydrogen) atoms. The molecular formula is C11H11ClFN3O. The summed E-state index contributed by atoms with van der Waals surface area (Å²) in [5, 5.41) is 9.05. The number of halogens is 2. The van der Waals surface area contributed by atoms with Crippen molar-refractivity contribution in [3.8, 4) is 5.69 Å². The summed E-state index contributed by atoms with van der Waals surface area (Å²) >= 11 is 5.71. The molecule has 0 aliphatic rings. The largest absolute Gasteiger partial charge is 0.394 e. The maximum absolute atomic E-state index is 13.0. The average molecular weight is 256 g/mol. The predicted octanol–water partition coefficient (Wildman–Crippen LogP) is 1.66. The molecule has 0 fully saturated rings. The number of hydrogen-bond donors (Lipinski definition) is 2. The Morgan fingerprint density at radius 1 is 1.53 bits per heavy atom. The highest BCUT2D eigenvalue weighted by Crippen LogP contribution is 2.21. The van der Waals surface area contributed by atoms with Crippen LogP contribution in [-0.2, 0) is 0 Å². The second-order valence-electron chi connectivity index (χ2n) is 3.58. The number of nitrogens with zero attached hydrogens (tertiary/aromatic N) is 2. The van der Waals surface area contributed by atoms with Gasteiger partial charge in [0.1, 0.15) is 5.82 Å². The van der Waals surface area contributed by atoms with Gasteiger partial charge in [0.2, 0.25) is 0 Å². The van der Waals surface area contributed by atoms with Crippen molar-refractivity contribution in [1.29, 1.82) is 0 Å². The Morgan fingerprint density at radius 3 is 2.94 bits per heavy atom. The highest BCUT2D eigenvalue weighted by Gasteiger charge is 2.12. The van der Waals surface area contributed by atoms with Gasteiger partial charge in [0, 0.05) is 5.69 Å². The van der Waals surface area contributed by atoms with Crippen molar-refractivity contribution in [2.45, 2.75) is 6.04 Å².